The maximum Gasteiger partial charge on any atom is 0.270 e. The third-order valence-corrected chi connectivity index (χ3v) is 5.26. The zero-order chi connectivity index (χ0) is 21.3. The highest BCUT2D eigenvalue weighted by Crippen LogP contribution is 2.26. The summed E-state index contributed by atoms with van der Waals surface area (Å²) in [5, 5.41) is 23.8. The lowest BCUT2D eigenvalue weighted by Crippen LogP contribution is -2.48. The normalized spacial score (nSPS) is 14.7. The van der Waals surface area contributed by atoms with Crippen molar-refractivity contribution in [1.82, 2.24) is 20.6 Å². The predicted molar refractivity (Wildman–Crippen MR) is 108 cm³/mol. The number of aromatic nitrogens is 2. The van der Waals surface area contributed by atoms with E-state index in [-0.39, 0.29) is 35.8 Å². The lowest BCUT2D eigenvalue weighted by atomic mass is 9.83. The molecule has 1 aliphatic rings. The van der Waals surface area contributed by atoms with E-state index in [0.29, 0.717) is 11.1 Å². The average molecular weight is 402 g/mol. The summed E-state index contributed by atoms with van der Waals surface area (Å²) in [6, 6.07) is 9.67. The molecule has 1 atom stereocenters. The predicted octanol–water partition coefficient (Wildman–Crippen LogP) is 2.33. The maximum absolute atomic E-state index is 12.7. The van der Waals surface area contributed by atoms with Crippen LogP contribution < -0.4 is 10.6 Å². The van der Waals surface area contributed by atoms with Crippen molar-refractivity contribution in [2.45, 2.75) is 38.1 Å². The van der Waals surface area contributed by atoms with Gasteiger partial charge in [0.25, 0.3) is 11.8 Å². The number of amides is 2. The zero-order valence-corrected chi connectivity index (χ0v) is 16.5. The molecule has 0 saturated heterocycles. The minimum atomic E-state index is -0.397. The van der Waals surface area contributed by atoms with E-state index in [1.807, 2.05) is 12.1 Å². The van der Waals surface area contributed by atoms with Gasteiger partial charge in [-0.3, -0.25) is 19.6 Å². The minimum Gasteiger partial charge on any atom is -0.349 e. The number of nitrogens with one attached hydrogen (secondary N) is 2. The molecule has 0 bridgehead atoms. The first-order chi connectivity index (χ1) is 14.6. The SMILES string of the molecule is N#Cc1ccnc(C(=O)NCC(NC(=O)c2cc(C#N)ccn2)C2CCCCC2)c1. The highest BCUT2D eigenvalue weighted by atomic mass is 16.2. The molecular weight excluding hydrogens is 380 g/mol. The Hall–Kier alpha value is -3.78. The van der Waals surface area contributed by atoms with Crippen LogP contribution in [0.3, 0.4) is 0 Å². The highest BCUT2D eigenvalue weighted by Gasteiger charge is 2.26. The van der Waals surface area contributed by atoms with Gasteiger partial charge in [-0.2, -0.15) is 10.5 Å². The number of carbonyl (C=O) groups excluding carboxylic acids is 2. The number of hydrogen-bond acceptors (Lipinski definition) is 6. The van der Waals surface area contributed by atoms with Gasteiger partial charge < -0.3 is 10.6 Å². The molecule has 1 aliphatic carbocycles. The fourth-order valence-corrected chi connectivity index (χ4v) is 3.66. The molecule has 1 unspecified atom stereocenters. The molecule has 2 N–H and O–H groups in total. The molecule has 0 radical (unpaired) electrons. The lowest BCUT2D eigenvalue weighted by Gasteiger charge is -2.31. The van der Waals surface area contributed by atoms with Gasteiger partial charge in [-0.05, 0) is 43.0 Å². The van der Waals surface area contributed by atoms with Crippen molar-refractivity contribution < 1.29 is 9.59 Å². The van der Waals surface area contributed by atoms with Gasteiger partial charge in [0.05, 0.1) is 23.3 Å². The van der Waals surface area contributed by atoms with E-state index in [9.17, 15) is 9.59 Å². The van der Waals surface area contributed by atoms with Gasteiger partial charge >= 0.3 is 0 Å². The van der Waals surface area contributed by atoms with Crippen molar-refractivity contribution in [2.24, 2.45) is 5.92 Å². The molecule has 2 amide bonds. The Labute approximate surface area is 175 Å². The largest absolute Gasteiger partial charge is 0.349 e. The molecule has 30 heavy (non-hydrogen) atoms. The maximum atomic E-state index is 12.7. The van der Waals surface area contributed by atoms with Gasteiger partial charge in [-0.25, -0.2) is 0 Å². The van der Waals surface area contributed by atoms with Crippen molar-refractivity contribution >= 4 is 11.8 Å². The summed E-state index contributed by atoms with van der Waals surface area (Å²) in [5.74, 6) is -0.533. The first-order valence-corrected chi connectivity index (χ1v) is 9.92. The summed E-state index contributed by atoms with van der Waals surface area (Å²) in [7, 11) is 0. The molecule has 2 aromatic heterocycles. The van der Waals surface area contributed by atoms with Crippen LogP contribution in [0.25, 0.3) is 0 Å². The molecular formula is C22H22N6O2. The third-order valence-electron chi connectivity index (χ3n) is 5.26. The van der Waals surface area contributed by atoms with E-state index in [0.717, 1.165) is 25.7 Å². The molecule has 2 heterocycles. The molecule has 0 aliphatic heterocycles. The van der Waals surface area contributed by atoms with Crippen LogP contribution in [0.4, 0.5) is 0 Å². The second-order valence-corrected chi connectivity index (χ2v) is 7.27. The first kappa shape index (κ1) is 20.9. The summed E-state index contributed by atoms with van der Waals surface area (Å²) >= 11 is 0. The Morgan fingerprint density at radius 1 is 0.967 bits per heavy atom. The number of rotatable bonds is 6. The summed E-state index contributed by atoms with van der Waals surface area (Å²) in [6.07, 6.45) is 8.11. The molecule has 2 aromatic rings. The van der Waals surface area contributed by atoms with Crippen LogP contribution in [0.1, 0.15) is 64.2 Å². The molecule has 1 saturated carbocycles. The van der Waals surface area contributed by atoms with Crippen LogP contribution in [-0.4, -0.2) is 34.4 Å². The summed E-state index contributed by atoms with van der Waals surface area (Å²) in [6.45, 7) is 0.242. The summed E-state index contributed by atoms with van der Waals surface area (Å²) in [5.41, 5.74) is 1.05. The molecule has 3 rings (SSSR count). The van der Waals surface area contributed by atoms with Crippen molar-refractivity contribution in [1.29, 1.82) is 10.5 Å². The van der Waals surface area contributed by atoms with Crippen LogP contribution in [0.2, 0.25) is 0 Å². The van der Waals surface area contributed by atoms with Gasteiger partial charge in [0.15, 0.2) is 0 Å². The van der Waals surface area contributed by atoms with E-state index in [2.05, 4.69) is 20.6 Å². The second-order valence-electron chi connectivity index (χ2n) is 7.27. The number of nitrogens with zero attached hydrogens (tertiary/aromatic N) is 4. The molecule has 0 aromatic carbocycles. The third kappa shape index (κ3) is 5.39. The number of hydrogen-bond donors (Lipinski definition) is 2. The van der Waals surface area contributed by atoms with Crippen molar-refractivity contribution in [2.75, 3.05) is 6.54 Å². The van der Waals surface area contributed by atoms with Crippen LogP contribution >= 0.6 is 0 Å². The van der Waals surface area contributed by atoms with Crippen molar-refractivity contribution in [3.63, 3.8) is 0 Å². The topological polar surface area (TPSA) is 132 Å². The minimum absolute atomic E-state index is 0.158. The monoisotopic (exact) mass is 402 g/mol. The highest BCUT2D eigenvalue weighted by molar-refractivity contribution is 5.93. The molecule has 152 valence electrons. The zero-order valence-electron chi connectivity index (χ0n) is 16.5. The second kappa shape index (κ2) is 10.1. The quantitative estimate of drug-likeness (QED) is 0.762. The fourth-order valence-electron chi connectivity index (χ4n) is 3.66. The van der Waals surface area contributed by atoms with Crippen LogP contribution in [0.15, 0.2) is 36.7 Å². The van der Waals surface area contributed by atoms with E-state index in [4.69, 9.17) is 10.5 Å². The summed E-state index contributed by atoms with van der Waals surface area (Å²) < 4.78 is 0. The van der Waals surface area contributed by atoms with E-state index in [1.54, 1.807) is 0 Å². The van der Waals surface area contributed by atoms with Gasteiger partial charge in [-0.1, -0.05) is 19.3 Å². The van der Waals surface area contributed by atoms with Gasteiger partial charge in [0, 0.05) is 25.0 Å². The lowest BCUT2D eigenvalue weighted by molar-refractivity contribution is 0.0877. The van der Waals surface area contributed by atoms with Crippen LogP contribution in [-0.2, 0) is 0 Å². The smallest absolute Gasteiger partial charge is 0.270 e. The Morgan fingerprint density at radius 2 is 1.53 bits per heavy atom. The van der Waals surface area contributed by atoms with Crippen molar-refractivity contribution in [3.05, 3.63) is 59.2 Å². The van der Waals surface area contributed by atoms with Crippen LogP contribution in [0.5, 0.6) is 0 Å². The standard InChI is InChI=1S/C22H22N6O2/c23-12-15-6-8-25-18(10-15)21(29)27-14-20(17-4-2-1-3-5-17)28-22(30)19-11-16(13-24)7-9-26-19/h6-11,17,20H,1-5,14H2,(H,27,29)(H,28,30). The van der Waals surface area contributed by atoms with Gasteiger partial charge in [-0.15, -0.1) is 0 Å². The van der Waals surface area contributed by atoms with Gasteiger partial charge in [0.1, 0.15) is 11.4 Å². The number of nitriles is 2. The Bertz CT molecular complexity index is 1000. The molecule has 8 heteroatoms. The molecule has 1 fully saturated rings. The number of carbonyl (C=O) groups is 2. The van der Waals surface area contributed by atoms with Crippen molar-refractivity contribution in [3.8, 4) is 12.1 Å². The summed E-state index contributed by atoms with van der Waals surface area (Å²) in [4.78, 5) is 33.3. The first-order valence-electron chi connectivity index (χ1n) is 9.92. The average Bonchev–Trinajstić information content (AvgIpc) is 2.82. The molecule has 0 spiro atoms. The molecule has 8 nitrogen and oxygen atoms in total. The van der Waals surface area contributed by atoms with E-state index in [1.165, 1.54) is 43.1 Å². The van der Waals surface area contributed by atoms with Gasteiger partial charge in [0.2, 0.25) is 0 Å². The fraction of sp³-hybridized carbons (Fsp3) is 0.364. The van der Waals surface area contributed by atoms with E-state index >= 15 is 0 Å². The Morgan fingerprint density at radius 3 is 2.10 bits per heavy atom. The Balaban J connectivity index is 1.70. The van der Waals surface area contributed by atoms with Crippen LogP contribution in [0, 0.1) is 28.6 Å². The van der Waals surface area contributed by atoms with E-state index < -0.39 is 5.91 Å². The Kier molecular flexibility index (Phi) is 7.07. The number of pyridine rings is 2.